The number of ether oxygens (including phenoxy) is 2. The maximum absolute atomic E-state index is 13.2. The van der Waals surface area contributed by atoms with Gasteiger partial charge in [-0.1, -0.05) is 0 Å². The fraction of sp³-hybridized carbons (Fsp3) is 0.300. The monoisotopic (exact) mass is 270 g/mol. The van der Waals surface area contributed by atoms with Crippen molar-refractivity contribution in [2.45, 2.75) is 6.36 Å². The highest BCUT2D eigenvalue weighted by atomic mass is 19.4. The normalized spacial score (nSPS) is 11.4. The molecule has 100 valence electrons. The highest BCUT2D eigenvalue weighted by molar-refractivity contribution is 5.75. The predicted octanol–water partition coefficient (Wildman–Crippen LogP) is 2.69. The van der Waals surface area contributed by atoms with Gasteiger partial charge in [-0.15, -0.1) is 13.2 Å². The fourth-order valence-corrected chi connectivity index (χ4v) is 1.09. The van der Waals surface area contributed by atoms with Crippen molar-refractivity contribution in [1.82, 2.24) is 0 Å². The molecule has 18 heavy (non-hydrogen) atoms. The lowest BCUT2D eigenvalue weighted by molar-refractivity contribution is -0.325. The highest BCUT2D eigenvalue weighted by Crippen LogP contribution is 2.23. The standard InChI is InChI=1S/C10H7F5O3/c11-7-3-6(5-16)4-8(12)9(7)17-1-2-18-10(13,14)15/h3-5H,1-2H2. The van der Waals surface area contributed by atoms with Crippen molar-refractivity contribution in [3.8, 4) is 5.75 Å². The summed E-state index contributed by atoms with van der Waals surface area (Å²) >= 11 is 0. The smallest absolute Gasteiger partial charge is 0.485 e. The van der Waals surface area contributed by atoms with Crippen molar-refractivity contribution in [3.05, 3.63) is 29.3 Å². The van der Waals surface area contributed by atoms with E-state index in [4.69, 9.17) is 0 Å². The van der Waals surface area contributed by atoms with Crippen molar-refractivity contribution in [3.63, 3.8) is 0 Å². The van der Waals surface area contributed by atoms with E-state index in [2.05, 4.69) is 9.47 Å². The van der Waals surface area contributed by atoms with Crippen molar-refractivity contribution in [2.24, 2.45) is 0 Å². The molecule has 0 heterocycles. The van der Waals surface area contributed by atoms with Crippen molar-refractivity contribution < 1.29 is 36.2 Å². The minimum atomic E-state index is -4.83. The molecular weight excluding hydrogens is 263 g/mol. The van der Waals surface area contributed by atoms with Crippen LogP contribution in [0.3, 0.4) is 0 Å². The minimum absolute atomic E-state index is 0.225. The average Bonchev–Trinajstić information content (AvgIpc) is 2.25. The van der Waals surface area contributed by atoms with Gasteiger partial charge in [-0.05, 0) is 12.1 Å². The number of alkyl halides is 3. The van der Waals surface area contributed by atoms with Gasteiger partial charge in [0.2, 0.25) is 0 Å². The molecule has 0 N–H and O–H groups in total. The Morgan fingerprint density at radius 1 is 1.11 bits per heavy atom. The van der Waals surface area contributed by atoms with Gasteiger partial charge in [0.1, 0.15) is 12.9 Å². The second-order valence-electron chi connectivity index (χ2n) is 3.07. The van der Waals surface area contributed by atoms with Gasteiger partial charge in [-0.2, -0.15) is 0 Å². The topological polar surface area (TPSA) is 35.5 Å². The van der Waals surface area contributed by atoms with Crippen LogP contribution in [0.15, 0.2) is 12.1 Å². The van der Waals surface area contributed by atoms with Crippen molar-refractivity contribution in [2.75, 3.05) is 13.2 Å². The minimum Gasteiger partial charge on any atom is -0.485 e. The molecule has 0 aliphatic heterocycles. The first-order valence-electron chi connectivity index (χ1n) is 4.61. The van der Waals surface area contributed by atoms with E-state index < -0.39 is 37.0 Å². The summed E-state index contributed by atoms with van der Waals surface area (Å²) in [5, 5.41) is 0. The second kappa shape index (κ2) is 5.76. The number of halogens is 5. The van der Waals surface area contributed by atoms with Crippen LogP contribution in [0.4, 0.5) is 22.0 Å². The summed E-state index contributed by atoms with van der Waals surface area (Å²) in [7, 11) is 0. The number of hydrogen-bond donors (Lipinski definition) is 0. The number of benzene rings is 1. The quantitative estimate of drug-likeness (QED) is 0.469. The fourth-order valence-electron chi connectivity index (χ4n) is 1.09. The van der Waals surface area contributed by atoms with E-state index in [9.17, 15) is 26.7 Å². The van der Waals surface area contributed by atoms with E-state index >= 15 is 0 Å². The van der Waals surface area contributed by atoms with Crippen LogP contribution in [0, 0.1) is 11.6 Å². The molecule has 0 atom stereocenters. The van der Waals surface area contributed by atoms with Crippen molar-refractivity contribution >= 4 is 6.29 Å². The van der Waals surface area contributed by atoms with Gasteiger partial charge < -0.3 is 4.74 Å². The van der Waals surface area contributed by atoms with Crippen LogP contribution in [0.1, 0.15) is 10.4 Å². The van der Waals surface area contributed by atoms with Crippen molar-refractivity contribution in [1.29, 1.82) is 0 Å². The second-order valence-corrected chi connectivity index (χ2v) is 3.07. The average molecular weight is 270 g/mol. The molecule has 1 aromatic carbocycles. The number of aldehydes is 1. The van der Waals surface area contributed by atoms with Crippen LogP contribution >= 0.6 is 0 Å². The Balaban J connectivity index is 2.60. The Labute approximate surface area is 98.1 Å². The molecule has 0 fully saturated rings. The Morgan fingerprint density at radius 3 is 2.11 bits per heavy atom. The molecule has 0 radical (unpaired) electrons. The molecule has 0 unspecified atom stereocenters. The zero-order chi connectivity index (χ0) is 13.8. The summed E-state index contributed by atoms with van der Waals surface area (Å²) in [5.74, 6) is -3.21. The molecule has 0 bridgehead atoms. The molecule has 3 nitrogen and oxygen atoms in total. The first-order valence-corrected chi connectivity index (χ1v) is 4.61. The molecule has 0 aromatic heterocycles. The summed E-state index contributed by atoms with van der Waals surface area (Å²) < 4.78 is 68.9. The van der Waals surface area contributed by atoms with Crippen LogP contribution in [0.5, 0.6) is 5.75 Å². The molecule has 0 saturated carbocycles. The first kappa shape index (κ1) is 14.4. The number of carbonyl (C=O) groups is 1. The van der Waals surface area contributed by atoms with Crippen LogP contribution in [0.25, 0.3) is 0 Å². The first-order chi connectivity index (χ1) is 8.33. The Kier molecular flexibility index (Phi) is 4.60. The molecule has 0 saturated heterocycles. The Hall–Kier alpha value is -1.70. The van der Waals surface area contributed by atoms with Crippen LogP contribution in [-0.2, 0) is 4.74 Å². The zero-order valence-electron chi connectivity index (χ0n) is 8.76. The number of hydrogen-bond acceptors (Lipinski definition) is 3. The third-order valence-corrected chi connectivity index (χ3v) is 1.75. The third kappa shape index (κ3) is 4.28. The molecule has 0 aliphatic carbocycles. The van der Waals surface area contributed by atoms with Gasteiger partial charge in [-0.3, -0.25) is 9.53 Å². The molecule has 0 aliphatic rings. The zero-order valence-corrected chi connectivity index (χ0v) is 8.76. The summed E-state index contributed by atoms with van der Waals surface area (Å²) in [6, 6.07) is 1.41. The van der Waals surface area contributed by atoms with Crippen LogP contribution in [-0.4, -0.2) is 25.9 Å². The molecule has 1 aromatic rings. The lowest BCUT2D eigenvalue weighted by atomic mass is 10.2. The molecule has 0 spiro atoms. The van der Waals surface area contributed by atoms with E-state index in [0.29, 0.717) is 12.1 Å². The van der Waals surface area contributed by atoms with Gasteiger partial charge in [0.05, 0.1) is 6.61 Å². The van der Waals surface area contributed by atoms with E-state index in [-0.39, 0.29) is 11.8 Å². The summed E-state index contributed by atoms with van der Waals surface area (Å²) in [6.07, 6.45) is -4.61. The SMILES string of the molecule is O=Cc1cc(F)c(OCCOC(F)(F)F)c(F)c1. The molecular formula is C10H7F5O3. The van der Waals surface area contributed by atoms with Gasteiger partial charge in [0.15, 0.2) is 17.4 Å². The third-order valence-electron chi connectivity index (χ3n) is 1.75. The van der Waals surface area contributed by atoms with E-state index in [1.54, 1.807) is 0 Å². The maximum Gasteiger partial charge on any atom is 0.522 e. The number of carbonyl (C=O) groups excluding carboxylic acids is 1. The molecule has 0 amide bonds. The molecule has 8 heteroatoms. The summed E-state index contributed by atoms with van der Waals surface area (Å²) in [4.78, 5) is 10.3. The summed E-state index contributed by atoms with van der Waals surface area (Å²) in [6.45, 7) is -1.59. The lowest BCUT2D eigenvalue weighted by Crippen LogP contribution is -2.18. The largest absolute Gasteiger partial charge is 0.522 e. The Bertz CT molecular complexity index is 407. The van der Waals surface area contributed by atoms with E-state index in [0.717, 1.165) is 0 Å². The van der Waals surface area contributed by atoms with Crippen LogP contribution in [0.2, 0.25) is 0 Å². The van der Waals surface area contributed by atoms with E-state index in [1.165, 1.54) is 0 Å². The maximum atomic E-state index is 13.2. The molecule has 1 rings (SSSR count). The van der Waals surface area contributed by atoms with Gasteiger partial charge in [0.25, 0.3) is 0 Å². The Morgan fingerprint density at radius 2 is 1.67 bits per heavy atom. The van der Waals surface area contributed by atoms with Gasteiger partial charge >= 0.3 is 6.36 Å². The predicted molar refractivity (Wildman–Crippen MR) is 49.2 cm³/mol. The summed E-state index contributed by atoms with van der Waals surface area (Å²) in [5.41, 5.74) is -0.246. The van der Waals surface area contributed by atoms with Crippen LogP contribution < -0.4 is 4.74 Å². The van der Waals surface area contributed by atoms with Gasteiger partial charge in [0, 0.05) is 5.56 Å². The lowest BCUT2D eigenvalue weighted by Gasteiger charge is -2.10. The van der Waals surface area contributed by atoms with Gasteiger partial charge in [-0.25, -0.2) is 8.78 Å². The highest BCUT2D eigenvalue weighted by Gasteiger charge is 2.28. The van der Waals surface area contributed by atoms with E-state index in [1.807, 2.05) is 0 Å². The number of rotatable bonds is 5.